The molecule has 2 heterocycles. The third-order valence-electron chi connectivity index (χ3n) is 4.47. The first-order valence-corrected chi connectivity index (χ1v) is 8.67. The first-order valence-electron chi connectivity index (χ1n) is 8.67. The summed E-state index contributed by atoms with van der Waals surface area (Å²) in [6, 6.07) is 0. The van der Waals surface area contributed by atoms with Crippen LogP contribution < -0.4 is 0 Å². The van der Waals surface area contributed by atoms with Gasteiger partial charge in [-0.25, -0.2) is 0 Å². The number of piperidine rings is 1. The lowest BCUT2D eigenvalue weighted by atomic mass is 9.97. The third kappa shape index (κ3) is 5.61. The number of hydrogen-bond acceptors (Lipinski definition) is 5. The minimum Gasteiger partial charge on any atom is -0.469 e. The number of ether oxygens (including phenoxy) is 1. The maximum atomic E-state index is 11.5. The van der Waals surface area contributed by atoms with E-state index >= 15 is 0 Å². The SMILES string of the molecule is COC(=O)C1CCN(Cc2cn(C[C@@H](C)CC(C)C)nn2)CC1. The second-order valence-electron chi connectivity index (χ2n) is 7.24. The molecule has 0 unspecified atom stereocenters. The van der Waals surface area contributed by atoms with Gasteiger partial charge in [0.1, 0.15) is 0 Å². The number of likely N-dealkylation sites (tertiary alicyclic amines) is 1. The second kappa shape index (κ2) is 8.43. The molecule has 1 aliphatic rings. The third-order valence-corrected chi connectivity index (χ3v) is 4.47. The first kappa shape index (κ1) is 17.9. The lowest BCUT2D eigenvalue weighted by Crippen LogP contribution is -2.36. The van der Waals surface area contributed by atoms with Crippen molar-refractivity contribution in [1.82, 2.24) is 19.9 Å². The van der Waals surface area contributed by atoms with E-state index in [1.54, 1.807) is 0 Å². The maximum absolute atomic E-state index is 11.5. The van der Waals surface area contributed by atoms with Crippen LogP contribution in [0.2, 0.25) is 0 Å². The summed E-state index contributed by atoms with van der Waals surface area (Å²) in [6.07, 6.45) is 5.00. The summed E-state index contributed by atoms with van der Waals surface area (Å²) in [6.45, 7) is 10.3. The highest BCUT2D eigenvalue weighted by molar-refractivity contribution is 5.72. The van der Waals surface area contributed by atoms with Gasteiger partial charge in [-0.05, 0) is 44.2 Å². The van der Waals surface area contributed by atoms with E-state index in [0.717, 1.165) is 44.7 Å². The fraction of sp³-hybridized carbons (Fsp3) is 0.824. The summed E-state index contributed by atoms with van der Waals surface area (Å²) >= 11 is 0. The quantitative estimate of drug-likeness (QED) is 0.721. The fourth-order valence-corrected chi connectivity index (χ4v) is 3.42. The lowest BCUT2D eigenvalue weighted by molar-refractivity contribution is -0.147. The zero-order chi connectivity index (χ0) is 16.8. The van der Waals surface area contributed by atoms with Gasteiger partial charge in [0.2, 0.25) is 0 Å². The van der Waals surface area contributed by atoms with Gasteiger partial charge in [-0.1, -0.05) is 26.0 Å². The van der Waals surface area contributed by atoms with Crippen molar-refractivity contribution < 1.29 is 9.53 Å². The number of carbonyl (C=O) groups is 1. The Morgan fingerprint density at radius 2 is 2.04 bits per heavy atom. The monoisotopic (exact) mass is 322 g/mol. The zero-order valence-corrected chi connectivity index (χ0v) is 14.9. The summed E-state index contributed by atoms with van der Waals surface area (Å²) in [5, 5.41) is 8.54. The fourth-order valence-electron chi connectivity index (χ4n) is 3.42. The van der Waals surface area contributed by atoms with Crippen LogP contribution in [-0.4, -0.2) is 46.1 Å². The number of rotatable bonds is 7. The average Bonchev–Trinajstić information content (AvgIpc) is 2.93. The Balaban J connectivity index is 1.78. The van der Waals surface area contributed by atoms with E-state index in [9.17, 15) is 4.79 Å². The number of aromatic nitrogens is 3. The van der Waals surface area contributed by atoms with Crippen LogP contribution >= 0.6 is 0 Å². The molecule has 6 heteroatoms. The molecule has 0 spiro atoms. The number of methoxy groups -OCH3 is 1. The molecule has 0 radical (unpaired) electrons. The molecule has 1 fully saturated rings. The molecule has 6 nitrogen and oxygen atoms in total. The van der Waals surface area contributed by atoms with Gasteiger partial charge < -0.3 is 4.74 Å². The summed E-state index contributed by atoms with van der Waals surface area (Å²) < 4.78 is 6.79. The normalized spacial score (nSPS) is 18.3. The van der Waals surface area contributed by atoms with Gasteiger partial charge in [0, 0.05) is 19.3 Å². The molecule has 0 saturated carbocycles. The van der Waals surface area contributed by atoms with Crippen molar-refractivity contribution in [2.24, 2.45) is 17.8 Å². The van der Waals surface area contributed by atoms with Crippen LogP contribution in [-0.2, 0) is 22.6 Å². The smallest absolute Gasteiger partial charge is 0.308 e. The van der Waals surface area contributed by atoms with E-state index < -0.39 is 0 Å². The molecule has 130 valence electrons. The summed E-state index contributed by atoms with van der Waals surface area (Å²) in [5.41, 5.74) is 1.01. The Bertz CT molecular complexity index is 493. The molecule has 0 bridgehead atoms. The molecule has 0 amide bonds. The zero-order valence-electron chi connectivity index (χ0n) is 14.9. The molecule has 1 aromatic rings. The van der Waals surface area contributed by atoms with Gasteiger partial charge in [0.15, 0.2) is 0 Å². The molecule has 0 aliphatic carbocycles. The first-order chi connectivity index (χ1) is 11.0. The van der Waals surface area contributed by atoms with Crippen molar-refractivity contribution >= 4 is 5.97 Å². The van der Waals surface area contributed by atoms with E-state index in [4.69, 9.17) is 4.74 Å². The molecular formula is C17H30N4O2. The Labute approximate surface area is 139 Å². The van der Waals surface area contributed by atoms with Crippen LogP contribution in [0.4, 0.5) is 0 Å². The van der Waals surface area contributed by atoms with Crippen molar-refractivity contribution in [3.8, 4) is 0 Å². The molecule has 1 aromatic heterocycles. The number of hydrogen-bond donors (Lipinski definition) is 0. The molecular weight excluding hydrogens is 292 g/mol. The average molecular weight is 322 g/mol. The standard InChI is InChI=1S/C17H30N4O2/c1-13(2)9-14(3)10-21-12-16(18-19-21)11-20-7-5-15(6-8-20)17(22)23-4/h12-15H,5-11H2,1-4H3/t14-/m0/s1. The van der Waals surface area contributed by atoms with Crippen LogP contribution in [0.15, 0.2) is 6.20 Å². The lowest BCUT2D eigenvalue weighted by Gasteiger charge is -2.29. The van der Waals surface area contributed by atoms with Gasteiger partial charge in [0.25, 0.3) is 0 Å². The molecule has 0 N–H and O–H groups in total. The largest absolute Gasteiger partial charge is 0.469 e. The van der Waals surface area contributed by atoms with Crippen LogP contribution in [0.1, 0.15) is 45.7 Å². The van der Waals surface area contributed by atoms with Crippen molar-refractivity contribution in [3.05, 3.63) is 11.9 Å². The van der Waals surface area contributed by atoms with E-state index in [2.05, 4.69) is 42.2 Å². The number of esters is 1. The summed E-state index contributed by atoms with van der Waals surface area (Å²) in [5.74, 6) is 1.31. The molecule has 1 saturated heterocycles. The van der Waals surface area contributed by atoms with Crippen LogP contribution in [0.5, 0.6) is 0 Å². The van der Waals surface area contributed by atoms with Crippen LogP contribution in [0.25, 0.3) is 0 Å². The van der Waals surface area contributed by atoms with Crippen molar-refractivity contribution in [1.29, 1.82) is 0 Å². The van der Waals surface area contributed by atoms with Gasteiger partial charge in [-0.2, -0.15) is 0 Å². The van der Waals surface area contributed by atoms with Crippen LogP contribution in [0, 0.1) is 17.8 Å². The van der Waals surface area contributed by atoms with E-state index in [1.807, 2.05) is 4.68 Å². The highest BCUT2D eigenvalue weighted by Gasteiger charge is 2.25. The minimum absolute atomic E-state index is 0.0591. The van der Waals surface area contributed by atoms with Gasteiger partial charge in [0.05, 0.1) is 18.7 Å². The Hall–Kier alpha value is -1.43. The Morgan fingerprint density at radius 3 is 2.65 bits per heavy atom. The highest BCUT2D eigenvalue weighted by atomic mass is 16.5. The summed E-state index contributed by atoms with van der Waals surface area (Å²) in [7, 11) is 1.47. The predicted molar refractivity (Wildman–Crippen MR) is 88.7 cm³/mol. The van der Waals surface area contributed by atoms with E-state index in [1.165, 1.54) is 13.5 Å². The molecule has 1 atom stereocenters. The maximum Gasteiger partial charge on any atom is 0.308 e. The van der Waals surface area contributed by atoms with Crippen molar-refractivity contribution in [3.63, 3.8) is 0 Å². The number of carbonyl (C=O) groups excluding carboxylic acids is 1. The van der Waals surface area contributed by atoms with Crippen molar-refractivity contribution in [2.45, 2.75) is 53.1 Å². The van der Waals surface area contributed by atoms with E-state index in [0.29, 0.717) is 11.8 Å². The molecule has 23 heavy (non-hydrogen) atoms. The van der Waals surface area contributed by atoms with Crippen LogP contribution in [0.3, 0.4) is 0 Å². The second-order valence-corrected chi connectivity index (χ2v) is 7.24. The van der Waals surface area contributed by atoms with Crippen molar-refractivity contribution in [2.75, 3.05) is 20.2 Å². The van der Waals surface area contributed by atoms with E-state index in [-0.39, 0.29) is 11.9 Å². The molecule has 1 aliphatic heterocycles. The van der Waals surface area contributed by atoms with Gasteiger partial charge >= 0.3 is 5.97 Å². The number of nitrogens with zero attached hydrogens (tertiary/aromatic N) is 4. The molecule has 2 rings (SSSR count). The molecule has 0 aromatic carbocycles. The highest BCUT2D eigenvalue weighted by Crippen LogP contribution is 2.19. The van der Waals surface area contributed by atoms with Gasteiger partial charge in [-0.3, -0.25) is 14.4 Å². The predicted octanol–water partition coefficient (Wildman–Crippen LogP) is 2.35. The minimum atomic E-state index is -0.0743. The topological polar surface area (TPSA) is 60.2 Å². The van der Waals surface area contributed by atoms with Gasteiger partial charge in [-0.15, -0.1) is 5.10 Å². The Kier molecular flexibility index (Phi) is 6.57. The summed E-state index contributed by atoms with van der Waals surface area (Å²) in [4.78, 5) is 13.9. The Morgan fingerprint density at radius 1 is 1.35 bits per heavy atom.